The van der Waals surface area contributed by atoms with Gasteiger partial charge in [0.15, 0.2) is 5.69 Å². The summed E-state index contributed by atoms with van der Waals surface area (Å²) >= 11 is 1.80. The summed E-state index contributed by atoms with van der Waals surface area (Å²) in [6.45, 7) is 2.68. The average molecular weight is 292 g/mol. The largest absolute Gasteiger partial charge is 0.433 e. The van der Waals surface area contributed by atoms with Crippen molar-refractivity contribution in [3.8, 4) is 0 Å². The third kappa shape index (κ3) is 3.23. The molecule has 1 aliphatic heterocycles. The van der Waals surface area contributed by atoms with Gasteiger partial charge in [-0.05, 0) is 6.92 Å². The van der Waals surface area contributed by atoms with Crippen molar-refractivity contribution in [1.82, 2.24) is 9.97 Å². The predicted molar refractivity (Wildman–Crippen MR) is 70.7 cm³/mol. The summed E-state index contributed by atoms with van der Waals surface area (Å²) in [7, 11) is 1.51. The molecule has 2 rings (SSSR count). The van der Waals surface area contributed by atoms with E-state index in [0.29, 0.717) is 12.4 Å². The van der Waals surface area contributed by atoms with Crippen LogP contribution in [-0.4, -0.2) is 41.1 Å². The number of nitrogens with one attached hydrogen (secondary N) is 1. The average Bonchev–Trinajstić information content (AvgIpc) is 2.37. The number of hydrogen-bond acceptors (Lipinski definition) is 5. The molecule has 0 aliphatic carbocycles. The normalized spacial score (nSPS) is 20.5. The number of alkyl halides is 3. The molecule has 2 heterocycles. The summed E-state index contributed by atoms with van der Waals surface area (Å²) in [5.41, 5.74) is -0.910. The molecule has 0 spiro atoms. The molecule has 1 unspecified atom stereocenters. The molecule has 1 aromatic heterocycles. The number of hydrogen-bond donors (Lipinski definition) is 1. The van der Waals surface area contributed by atoms with Gasteiger partial charge in [-0.15, -0.1) is 0 Å². The maximum Gasteiger partial charge on any atom is 0.433 e. The first-order valence-electron chi connectivity index (χ1n) is 5.90. The van der Waals surface area contributed by atoms with Gasteiger partial charge in [-0.1, -0.05) is 0 Å². The number of anilines is 2. The summed E-state index contributed by atoms with van der Waals surface area (Å²) in [5, 5.41) is 2.58. The van der Waals surface area contributed by atoms with E-state index in [1.807, 2.05) is 11.8 Å². The second-order valence-corrected chi connectivity index (χ2v) is 5.45. The standard InChI is InChI=1S/C11H15F3N4S/c1-7-6-19-4-3-18(7)9-5-8(11(12,13)14)16-10(15-2)17-9/h5,7H,3-4,6H2,1-2H3,(H,15,16,17). The van der Waals surface area contributed by atoms with Gasteiger partial charge in [-0.3, -0.25) is 0 Å². The Bertz CT molecular complexity index is 452. The summed E-state index contributed by atoms with van der Waals surface area (Å²) in [5.74, 6) is 2.11. The minimum Gasteiger partial charge on any atom is -0.357 e. The van der Waals surface area contributed by atoms with Crippen molar-refractivity contribution in [2.24, 2.45) is 0 Å². The Morgan fingerprint density at radius 1 is 1.42 bits per heavy atom. The van der Waals surface area contributed by atoms with Crippen molar-refractivity contribution in [2.75, 3.05) is 35.3 Å². The van der Waals surface area contributed by atoms with Crippen LogP contribution in [0.4, 0.5) is 24.9 Å². The fourth-order valence-corrected chi connectivity index (χ4v) is 2.92. The molecule has 8 heteroatoms. The summed E-state index contributed by atoms with van der Waals surface area (Å²) in [6.07, 6.45) is -4.46. The van der Waals surface area contributed by atoms with Crippen molar-refractivity contribution >= 4 is 23.5 Å². The molecule has 1 N–H and O–H groups in total. The minimum atomic E-state index is -4.46. The van der Waals surface area contributed by atoms with Crippen LogP contribution in [-0.2, 0) is 6.18 Å². The van der Waals surface area contributed by atoms with E-state index in [-0.39, 0.29) is 12.0 Å². The SMILES string of the molecule is CNc1nc(N2CCSCC2C)cc(C(F)(F)F)n1. The van der Waals surface area contributed by atoms with Crippen LogP contribution in [0.1, 0.15) is 12.6 Å². The predicted octanol–water partition coefficient (Wildman–Crippen LogP) is 2.48. The van der Waals surface area contributed by atoms with Gasteiger partial charge in [0.1, 0.15) is 5.82 Å². The molecule has 1 saturated heterocycles. The lowest BCUT2D eigenvalue weighted by Gasteiger charge is -2.34. The van der Waals surface area contributed by atoms with Crippen molar-refractivity contribution in [3.63, 3.8) is 0 Å². The zero-order chi connectivity index (χ0) is 14.0. The van der Waals surface area contributed by atoms with E-state index >= 15 is 0 Å². The first kappa shape index (κ1) is 14.2. The summed E-state index contributed by atoms with van der Waals surface area (Å²) in [4.78, 5) is 9.49. The van der Waals surface area contributed by atoms with Crippen LogP contribution in [0.5, 0.6) is 0 Å². The van der Waals surface area contributed by atoms with Crippen LogP contribution in [0.15, 0.2) is 6.07 Å². The fourth-order valence-electron chi connectivity index (χ4n) is 1.91. The number of nitrogens with zero attached hydrogens (tertiary/aromatic N) is 3. The van der Waals surface area contributed by atoms with Crippen molar-refractivity contribution in [3.05, 3.63) is 11.8 Å². The molecule has 0 aromatic carbocycles. The zero-order valence-electron chi connectivity index (χ0n) is 10.7. The Labute approximate surface area is 113 Å². The quantitative estimate of drug-likeness (QED) is 0.907. The first-order chi connectivity index (χ1) is 8.91. The molecule has 0 saturated carbocycles. The lowest BCUT2D eigenvalue weighted by Crippen LogP contribution is -2.41. The third-order valence-corrected chi connectivity index (χ3v) is 4.08. The molecule has 4 nitrogen and oxygen atoms in total. The molecule has 1 atom stereocenters. The molecular formula is C11H15F3N4S. The van der Waals surface area contributed by atoms with Crippen molar-refractivity contribution in [2.45, 2.75) is 19.1 Å². The van der Waals surface area contributed by atoms with E-state index in [0.717, 1.165) is 17.6 Å². The lowest BCUT2D eigenvalue weighted by atomic mass is 10.3. The maximum atomic E-state index is 12.8. The topological polar surface area (TPSA) is 41.1 Å². The van der Waals surface area contributed by atoms with E-state index in [2.05, 4.69) is 15.3 Å². The van der Waals surface area contributed by atoms with E-state index < -0.39 is 11.9 Å². The molecule has 0 amide bonds. The van der Waals surface area contributed by atoms with Crippen molar-refractivity contribution in [1.29, 1.82) is 0 Å². The van der Waals surface area contributed by atoms with Gasteiger partial charge in [0, 0.05) is 37.2 Å². The van der Waals surface area contributed by atoms with Gasteiger partial charge in [-0.2, -0.15) is 29.9 Å². The molecule has 19 heavy (non-hydrogen) atoms. The van der Waals surface area contributed by atoms with Gasteiger partial charge in [0.25, 0.3) is 0 Å². The van der Waals surface area contributed by atoms with Crippen LogP contribution in [0, 0.1) is 0 Å². The van der Waals surface area contributed by atoms with Crippen molar-refractivity contribution < 1.29 is 13.2 Å². The third-order valence-electron chi connectivity index (χ3n) is 2.89. The zero-order valence-corrected chi connectivity index (χ0v) is 11.5. The fraction of sp³-hybridized carbons (Fsp3) is 0.636. The highest BCUT2D eigenvalue weighted by atomic mass is 32.2. The molecule has 1 aromatic rings. The van der Waals surface area contributed by atoms with Gasteiger partial charge in [0.2, 0.25) is 5.95 Å². The van der Waals surface area contributed by atoms with E-state index in [4.69, 9.17) is 0 Å². The molecule has 0 radical (unpaired) electrons. The second-order valence-electron chi connectivity index (χ2n) is 4.30. The van der Waals surface area contributed by atoms with Crippen LogP contribution < -0.4 is 10.2 Å². The highest BCUT2D eigenvalue weighted by molar-refractivity contribution is 7.99. The van der Waals surface area contributed by atoms with E-state index in [1.54, 1.807) is 11.8 Å². The molecular weight excluding hydrogens is 277 g/mol. The molecule has 1 fully saturated rings. The maximum absolute atomic E-state index is 12.8. The molecule has 1 aliphatic rings. The van der Waals surface area contributed by atoms with Gasteiger partial charge in [-0.25, -0.2) is 4.98 Å². The van der Waals surface area contributed by atoms with E-state index in [9.17, 15) is 13.2 Å². The van der Waals surface area contributed by atoms with Crippen LogP contribution in [0.2, 0.25) is 0 Å². The smallest absolute Gasteiger partial charge is 0.357 e. The van der Waals surface area contributed by atoms with Gasteiger partial charge >= 0.3 is 6.18 Å². The number of halogens is 3. The van der Waals surface area contributed by atoms with Crippen LogP contribution in [0.25, 0.3) is 0 Å². The van der Waals surface area contributed by atoms with Crippen LogP contribution in [0.3, 0.4) is 0 Å². The Hall–Kier alpha value is -1.18. The summed E-state index contributed by atoms with van der Waals surface area (Å²) < 4.78 is 38.4. The van der Waals surface area contributed by atoms with Gasteiger partial charge < -0.3 is 10.2 Å². The number of aromatic nitrogens is 2. The highest BCUT2D eigenvalue weighted by Gasteiger charge is 2.34. The summed E-state index contributed by atoms with van der Waals surface area (Å²) in [6, 6.07) is 1.19. The van der Waals surface area contributed by atoms with Gasteiger partial charge in [0.05, 0.1) is 0 Å². The lowest BCUT2D eigenvalue weighted by molar-refractivity contribution is -0.141. The first-order valence-corrected chi connectivity index (χ1v) is 7.05. The number of rotatable bonds is 2. The Balaban J connectivity index is 2.39. The Morgan fingerprint density at radius 2 is 2.16 bits per heavy atom. The Kier molecular flexibility index (Phi) is 4.07. The van der Waals surface area contributed by atoms with E-state index in [1.165, 1.54) is 7.05 Å². The Morgan fingerprint density at radius 3 is 2.74 bits per heavy atom. The number of thioether (sulfide) groups is 1. The van der Waals surface area contributed by atoms with Crippen LogP contribution >= 0.6 is 11.8 Å². The molecule has 106 valence electrons. The second kappa shape index (κ2) is 5.44. The monoisotopic (exact) mass is 292 g/mol. The molecule has 0 bridgehead atoms. The highest BCUT2D eigenvalue weighted by Crippen LogP contribution is 2.32. The minimum absolute atomic E-state index is 0.00440.